The van der Waals surface area contributed by atoms with E-state index in [0.717, 1.165) is 0 Å². The Hall–Kier alpha value is -3.03. The number of benzene rings is 1. The van der Waals surface area contributed by atoms with Crippen LogP contribution < -0.4 is 16.0 Å². The zero-order valence-electron chi connectivity index (χ0n) is 25.8. The maximum atomic E-state index is 13.0. The quantitative estimate of drug-likeness (QED) is 0.176. The van der Waals surface area contributed by atoms with Crippen molar-refractivity contribution in [1.82, 2.24) is 10.2 Å². The number of nitrogens with one attached hydrogen (secondary N) is 1. The number of aliphatic carboxylic acids is 2. The zero-order chi connectivity index (χ0) is 33.1. The fraction of sp³-hybridized carbons (Fsp3) is 0.600. The van der Waals surface area contributed by atoms with Gasteiger partial charge >= 0.3 is 11.9 Å². The third-order valence-electron chi connectivity index (χ3n) is 7.27. The number of hydrogen-bond donors (Lipinski definition) is 6. The van der Waals surface area contributed by atoms with Crippen LogP contribution in [0.25, 0.3) is 0 Å². The van der Waals surface area contributed by atoms with E-state index in [0.29, 0.717) is 42.5 Å². The van der Waals surface area contributed by atoms with Crippen molar-refractivity contribution in [2.75, 3.05) is 37.7 Å². The van der Waals surface area contributed by atoms with Gasteiger partial charge in [0.25, 0.3) is 0 Å². The average molecular weight is 627 g/mol. The smallest absolute Gasteiger partial charge is 0.328 e. The number of hydrogen-bond acceptors (Lipinski definition) is 8. The van der Waals surface area contributed by atoms with Crippen LogP contribution >= 0.6 is 11.6 Å². The number of carbonyl (C=O) groups is 4. The number of anilines is 1. The third-order valence-corrected chi connectivity index (χ3v) is 7.59. The minimum atomic E-state index is -1.26. The van der Waals surface area contributed by atoms with Crippen LogP contribution in [0, 0.1) is 17.3 Å². The van der Waals surface area contributed by atoms with Crippen LogP contribution in [0.15, 0.2) is 36.4 Å². The van der Waals surface area contributed by atoms with Gasteiger partial charge in [0.2, 0.25) is 11.8 Å². The lowest BCUT2D eigenvalue weighted by Gasteiger charge is -2.47. The van der Waals surface area contributed by atoms with E-state index in [4.69, 9.17) is 27.5 Å². The molecule has 2 amide bonds. The Balaban J connectivity index is 0.00000101. The summed E-state index contributed by atoms with van der Waals surface area (Å²) in [6.45, 7) is 12.9. The summed E-state index contributed by atoms with van der Waals surface area (Å²) in [5.41, 5.74) is 6.27. The number of halogens is 1. The Morgan fingerprint density at radius 1 is 1.14 bits per heavy atom. The molecule has 1 aliphatic heterocycles. The van der Waals surface area contributed by atoms with Crippen LogP contribution in [0.5, 0.6) is 0 Å². The normalized spacial score (nSPS) is 17.7. The second kappa shape index (κ2) is 16.7. The molecule has 0 bridgehead atoms. The molecule has 0 aromatic heterocycles. The summed E-state index contributed by atoms with van der Waals surface area (Å²) in [6.07, 6.45) is 0.426. The van der Waals surface area contributed by atoms with Crippen LogP contribution in [-0.2, 0) is 19.2 Å². The van der Waals surface area contributed by atoms with Gasteiger partial charge in [0.1, 0.15) is 0 Å². The number of carboxylic acids is 2. The van der Waals surface area contributed by atoms with Crippen LogP contribution in [-0.4, -0.2) is 99.5 Å². The van der Waals surface area contributed by atoms with Gasteiger partial charge in [-0.25, -0.2) is 9.59 Å². The lowest BCUT2D eigenvalue weighted by molar-refractivity contribution is -0.134. The first-order chi connectivity index (χ1) is 19.8. The number of para-hydroxylation sites is 1. The Labute approximate surface area is 258 Å². The second-order valence-corrected chi connectivity index (χ2v) is 12.9. The number of rotatable bonds is 13. The van der Waals surface area contributed by atoms with Crippen molar-refractivity contribution in [2.45, 2.75) is 65.6 Å². The van der Waals surface area contributed by atoms with Gasteiger partial charge in [0.15, 0.2) is 0 Å². The third kappa shape index (κ3) is 12.6. The van der Waals surface area contributed by atoms with Crippen molar-refractivity contribution in [2.24, 2.45) is 23.0 Å². The first-order valence-electron chi connectivity index (χ1n) is 14.1. The predicted octanol–water partition coefficient (Wildman–Crippen LogP) is 1.96. The molecule has 12 nitrogen and oxygen atoms in total. The Bertz CT molecular complexity index is 1120. The van der Waals surface area contributed by atoms with Crippen molar-refractivity contribution < 1.29 is 39.6 Å². The molecule has 0 spiro atoms. The molecule has 1 aliphatic rings. The number of amides is 2. The van der Waals surface area contributed by atoms with Crippen molar-refractivity contribution in [3.63, 3.8) is 0 Å². The Morgan fingerprint density at radius 2 is 1.70 bits per heavy atom. The van der Waals surface area contributed by atoms with Gasteiger partial charge in [0, 0.05) is 61.3 Å². The predicted molar refractivity (Wildman–Crippen MR) is 165 cm³/mol. The Kier molecular flexibility index (Phi) is 14.8. The number of carbonyl (C=O) groups excluding carboxylic acids is 2. The molecule has 2 rings (SSSR count). The highest BCUT2D eigenvalue weighted by Crippen LogP contribution is 2.31. The lowest BCUT2D eigenvalue weighted by atomic mass is 9.86. The summed E-state index contributed by atoms with van der Waals surface area (Å²) in [6, 6.07) is 6.65. The molecule has 0 saturated carbocycles. The van der Waals surface area contributed by atoms with Crippen LogP contribution in [0.4, 0.5) is 5.69 Å². The number of nitrogens with two attached hydrogens (primary N) is 1. The molecule has 1 aromatic carbocycles. The number of aliphatic hydroxyl groups is 2. The van der Waals surface area contributed by atoms with E-state index in [1.807, 2.05) is 64.6 Å². The minimum Gasteiger partial charge on any atom is -0.478 e. The monoisotopic (exact) mass is 626 g/mol. The van der Waals surface area contributed by atoms with E-state index in [2.05, 4.69) is 5.32 Å². The first-order valence-corrected chi connectivity index (χ1v) is 14.4. The topological polar surface area (TPSA) is 194 Å². The van der Waals surface area contributed by atoms with Crippen molar-refractivity contribution in [3.8, 4) is 0 Å². The summed E-state index contributed by atoms with van der Waals surface area (Å²) in [4.78, 5) is 48.6. The fourth-order valence-corrected chi connectivity index (χ4v) is 4.63. The van der Waals surface area contributed by atoms with Gasteiger partial charge in [-0.05, 0) is 38.3 Å². The molecular formula is C30H47ClN4O8. The van der Waals surface area contributed by atoms with Gasteiger partial charge in [-0.15, -0.1) is 0 Å². The molecule has 1 fully saturated rings. The molecule has 1 heterocycles. The highest BCUT2D eigenvalue weighted by Gasteiger charge is 2.40. The summed E-state index contributed by atoms with van der Waals surface area (Å²) in [7, 11) is 0. The van der Waals surface area contributed by atoms with Gasteiger partial charge in [0.05, 0.1) is 23.4 Å². The zero-order valence-corrected chi connectivity index (χ0v) is 26.5. The number of piperazine rings is 1. The van der Waals surface area contributed by atoms with E-state index in [1.165, 1.54) is 0 Å². The van der Waals surface area contributed by atoms with E-state index in [1.54, 1.807) is 11.0 Å². The van der Waals surface area contributed by atoms with Gasteiger partial charge in [-0.1, -0.05) is 51.4 Å². The molecular weight excluding hydrogens is 580 g/mol. The molecule has 0 radical (unpaired) electrons. The highest BCUT2D eigenvalue weighted by atomic mass is 35.5. The fourth-order valence-electron chi connectivity index (χ4n) is 4.39. The molecule has 0 unspecified atom stereocenters. The standard InChI is InChI=1S/C26H43ClN4O4.C4H4O4/c1-17(2)18(24(35)29-14-25(3,4)16-32)11-22(33)20(28)12-30-13-23(34)31(15-26(30,5)6)21-10-8-7-9-19(21)27;5-3(6)1-2-4(7)8/h7-10,17-18,20,22,32-33H,11-16,28H2,1-6H3,(H,29,35);1-2H,(H,5,6)(H,7,8)/b;2-1+/t18-,20-,22-;/m0./s1. The lowest BCUT2D eigenvalue weighted by Crippen LogP contribution is -2.64. The summed E-state index contributed by atoms with van der Waals surface area (Å²) in [5, 5.41) is 39.4. The van der Waals surface area contributed by atoms with E-state index in [9.17, 15) is 29.4 Å². The molecule has 1 aromatic rings. The van der Waals surface area contributed by atoms with E-state index in [-0.39, 0.29) is 37.3 Å². The van der Waals surface area contributed by atoms with Crippen molar-refractivity contribution >= 4 is 41.0 Å². The van der Waals surface area contributed by atoms with Gasteiger partial charge < -0.3 is 36.4 Å². The molecule has 43 heavy (non-hydrogen) atoms. The van der Waals surface area contributed by atoms with E-state index < -0.39 is 41.0 Å². The largest absolute Gasteiger partial charge is 0.478 e. The van der Waals surface area contributed by atoms with Crippen molar-refractivity contribution in [1.29, 1.82) is 0 Å². The highest BCUT2D eigenvalue weighted by molar-refractivity contribution is 6.33. The summed E-state index contributed by atoms with van der Waals surface area (Å²) < 4.78 is 0. The maximum Gasteiger partial charge on any atom is 0.328 e. The summed E-state index contributed by atoms with van der Waals surface area (Å²) >= 11 is 6.33. The van der Waals surface area contributed by atoms with Gasteiger partial charge in [-0.3, -0.25) is 14.5 Å². The Morgan fingerprint density at radius 3 is 2.19 bits per heavy atom. The second-order valence-electron chi connectivity index (χ2n) is 12.5. The van der Waals surface area contributed by atoms with Gasteiger partial charge in [-0.2, -0.15) is 0 Å². The number of carboxylic acid groups (broad SMARTS) is 2. The first kappa shape index (κ1) is 38.0. The molecule has 3 atom stereocenters. The maximum absolute atomic E-state index is 13.0. The van der Waals surface area contributed by atoms with Crippen LogP contribution in [0.2, 0.25) is 5.02 Å². The number of nitrogens with zero attached hydrogens (tertiary/aromatic N) is 2. The van der Waals surface area contributed by atoms with E-state index >= 15 is 0 Å². The molecule has 13 heteroatoms. The minimum absolute atomic E-state index is 0.00581. The average Bonchev–Trinajstić information content (AvgIpc) is 2.91. The SMILES string of the molecule is CC(C)[C@H](C[C@H](O)[C@@H](N)CN1CC(=O)N(c2ccccc2Cl)CC1(C)C)C(=O)NCC(C)(C)CO.O=C(O)/C=C/C(=O)O. The molecule has 1 saturated heterocycles. The molecule has 7 N–H and O–H groups in total. The van der Waals surface area contributed by atoms with Crippen LogP contribution in [0.3, 0.4) is 0 Å². The van der Waals surface area contributed by atoms with Crippen LogP contribution in [0.1, 0.15) is 48.0 Å². The summed E-state index contributed by atoms with van der Waals surface area (Å²) in [5.74, 6) is -3.16. The van der Waals surface area contributed by atoms with Crippen molar-refractivity contribution in [3.05, 3.63) is 41.4 Å². The number of aliphatic hydroxyl groups excluding tert-OH is 2. The molecule has 242 valence electrons. The molecule has 0 aliphatic carbocycles.